The second kappa shape index (κ2) is 9.20. The lowest BCUT2D eigenvalue weighted by atomic mass is 9.91. The SMILES string of the molecule is C[C@H](C1=CCCC=CC1)[C@@H](NS(=O)(=O)c1ccc(-c2ccccc2)cc1)C(=O)O. The zero-order chi connectivity index (χ0) is 20.9. The summed E-state index contributed by atoms with van der Waals surface area (Å²) in [7, 11) is -3.97. The molecular formula is C23H25NO4S. The average Bonchev–Trinajstić information content (AvgIpc) is 3.02. The zero-order valence-electron chi connectivity index (χ0n) is 16.3. The monoisotopic (exact) mass is 411 g/mol. The summed E-state index contributed by atoms with van der Waals surface area (Å²) in [5.74, 6) is -1.63. The molecule has 0 fully saturated rings. The van der Waals surface area contributed by atoms with Gasteiger partial charge in [-0.05, 0) is 42.5 Å². The van der Waals surface area contributed by atoms with E-state index in [4.69, 9.17) is 0 Å². The molecule has 0 amide bonds. The highest BCUT2D eigenvalue weighted by atomic mass is 32.2. The molecule has 0 saturated heterocycles. The Bertz CT molecular complexity index is 1010. The van der Waals surface area contributed by atoms with E-state index < -0.39 is 28.0 Å². The minimum absolute atomic E-state index is 0.0466. The van der Waals surface area contributed by atoms with Gasteiger partial charge < -0.3 is 5.11 Å². The number of hydrogen-bond acceptors (Lipinski definition) is 3. The number of carboxylic acids is 1. The fourth-order valence-electron chi connectivity index (χ4n) is 3.43. The second-order valence-electron chi connectivity index (χ2n) is 7.15. The van der Waals surface area contributed by atoms with Crippen LogP contribution in [0.2, 0.25) is 0 Å². The van der Waals surface area contributed by atoms with Crippen molar-refractivity contribution in [3.8, 4) is 11.1 Å². The van der Waals surface area contributed by atoms with Gasteiger partial charge in [-0.3, -0.25) is 4.79 Å². The molecule has 2 aromatic rings. The van der Waals surface area contributed by atoms with E-state index in [0.29, 0.717) is 6.42 Å². The molecule has 152 valence electrons. The Morgan fingerprint density at radius 1 is 0.966 bits per heavy atom. The molecule has 0 unspecified atom stereocenters. The summed E-state index contributed by atoms with van der Waals surface area (Å²) in [4.78, 5) is 11.9. The number of benzene rings is 2. The third-order valence-electron chi connectivity index (χ3n) is 5.16. The van der Waals surface area contributed by atoms with Gasteiger partial charge in [-0.1, -0.05) is 73.2 Å². The van der Waals surface area contributed by atoms with E-state index in [1.807, 2.05) is 42.5 Å². The predicted octanol–water partition coefficient (Wildman–Crippen LogP) is 4.39. The molecule has 2 aromatic carbocycles. The quantitative estimate of drug-likeness (QED) is 0.662. The number of nitrogens with one attached hydrogen (secondary N) is 1. The van der Waals surface area contributed by atoms with Gasteiger partial charge in [0.25, 0.3) is 0 Å². The first kappa shape index (κ1) is 21.0. The first-order valence-corrected chi connectivity index (χ1v) is 11.1. The maximum Gasteiger partial charge on any atom is 0.322 e. The fraction of sp³-hybridized carbons (Fsp3) is 0.261. The number of rotatable bonds is 7. The number of carbonyl (C=O) groups is 1. The third kappa shape index (κ3) is 5.22. The van der Waals surface area contributed by atoms with Gasteiger partial charge in [0, 0.05) is 5.92 Å². The van der Waals surface area contributed by atoms with Crippen molar-refractivity contribution < 1.29 is 18.3 Å². The largest absolute Gasteiger partial charge is 0.480 e. The van der Waals surface area contributed by atoms with E-state index in [-0.39, 0.29) is 4.90 Å². The molecule has 0 bridgehead atoms. The smallest absolute Gasteiger partial charge is 0.322 e. The van der Waals surface area contributed by atoms with Crippen molar-refractivity contribution in [1.82, 2.24) is 4.72 Å². The topological polar surface area (TPSA) is 83.5 Å². The minimum Gasteiger partial charge on any atom is -0.480 e. The molecule has 0 aromatic heterocycles. The highest BCUT2D eigenvalue weighted by molar-refractivity contribution is 7.89. The highest BCUT2D eigenvalue weighted by Crippen LogP contribution is 2.25. The lowest BCUT2D eigenvalue weighted by Crippen LogP contribution is -2.45. The molecule has 2 N–H and O–H groups in total. The molecule has 5 nitrogen and oxygen atoms in total. The van der Waals surface area contributed by atoms with Gasteiger partial charge in [0.2, 0.25) is 10.0 Å². The summed E-state index contributed by atoms with van der Waals surface area (Å²) in [6.45, 7) is 1.75. The van der Waals surface area contributed by atoms with E-state index in [0.717, 1.165) is 29.5 Å². The van der Waals surface area contributed by atoms with Crippen molar-refractivity contribution in [1.29, 1.82) is 0 Å². The number of aliphatic carboxylic acids is 1. The summed E-state index contributed by atoms with van der Waals surface area (Å²) in [5.41, 5.74) is 2.81. The second-order valence-corrected chi connectivity index (χ2v) is 8.86. The van der Waals surface area contributed by atoms with Crippen molar-refractivity contribution in [3.63, 3.8) is 0 Å². The van der Waals surface area contributed by atoms with Gasteiger partial charge in [-0.15, -0.1) is 0 Å². The van der Waals surface area contributed by atoms with Gasteiger partial charge in [-0.2, -0.15) is 4.72 Å². The van der Waals surface area contributed by atoms with Crippen LogP contribution in [0.1, 0.15) is 26.2 Å². The van der Waals surface area contributed by atoms with Crippen LogP contribution in [0.25, 0.3) is 11.1 Å². The maximum absolute atomic E-state index is 12.8. The van der Waals surface area contributed by atoms with Crippen molar-refractivity contribution in [2.45, 2.75) is 37.1 Å². The Morgan fingerprint density at radius 2 is 1.62 bits per heavy atom. The summed E-state index contributed by atoms with van der Waals surface area (Å²) in [6.07, 6.45) is 8.46. The molecule has 6 heteroatoms. The lowest BCUT2D eigenvalue weighted by Gasteiger charge is -2.23. The number of hydrogen-bond donors (Lipinski definition) is 2. The molecule has 0 saturated carbocycles. The van der Waals surface area contributed by atoms with Gasteiger partial charge >= 0.3 is 5.97 Å². The minimum atomic E-state index is -3.97. The van der Waals surface area contributed by atoms with Crippen molar-refractivity contribution in [2.24, 2.45) is 5.92 Å². The first-order valence-electron chi connectivity index (χ1n) is 9.63. The highest BCUT2D eigenvalue weighted by Gasteiger charge is 2.32. The van der Waals surface area contributed by atoms with E-state index in [9.17, 15) is 18.3 Å². The standard InChI is InChI=1S/C23H25NO4S/c1-17(18-9-5-2-3-6-10-18)22(23(25)26)24-29(27,28)21-15-13-20(14-16-21)19-11-7-4-8-12-19/h2,4-5,7-8,10-17,22,24H,3,6,9H2,1H3,(H,25,26)/t17-,22-/m1/s1. The number of sulfonamides is 1. The Morgan fingerprint density at radius 3 is 2.28 bits per heavy atom. The van der Waals surface area contributed by atoms with Crippen molar-refractivity contribution >= 4 is 16.0 Å². The van der Waals surface area contributed by atoms with Crippen LogP contribution in [-0.2, 0) is 14.8 Å². The molecule has 0 spiro atoms. The predicted molar refractivity (Wildman–Crippen MR) is 114 cm³/mol. The van der Waals surface area contributed by atoms with E-state index in [2.05, 4.69) is 10.8 Å². The Balaban J connectivity index is 1.81. The summed E-state index contributed by atoms with van der Waals surface area (Å²) in [5, 5.41) is 9.68. The van der Waals surface area contributed by atoms with Gasteiger partial charge in [0.15, 0.2) is 0 Å². The molecule has 3 rings (SSSR count). The molecule has 0 radical (unpaired) electrons. The Hall–Kier alpha value is -2.70. The van der Waals surface area contributed by atoms with Gasteiger partial charge in [-0.25, -0.2) is 8.42 Å². The molecule has 29 heavy (non-hydrogen) atoms. The van der Waals surface area contributed by atoms with E-state index in [1.54, 1.807) is 19.1 Å². The molecular weight excluding hydrogens is 386 g/mol. The average molecular weight is 412 g/mol. The van der Waals surface area contributed by atoms with Crippen LogP contribution < -0.4 is 4.72 Å². The number of carboxylic acid groups (broad SMARTS) is 1. The van der Waals surface area contributed by atoms with Crippen LogP contribution in [-0.4, -0.2) is 25.5 Å². The fourth-order valence-corrected chi connectivity index (χ4v) is 4.70. The molecule has 0 heterocycles. The summed E-state index contributed by atoms with van der Waals surface area (Å²) >= 11 is 0. The molecule has 1 aliphatic rings. The molecule has 0 aliphatic heterocycles. The third-order valence-corrected chi connectivity index (χ3v) is 6.62. The van der Waals surface area contributed by atoms with Crippen LogP contribution in [0.15, 0.2) is 83.3 Å². The van der Waals surface area contributed by atoms with E-state index >= 15 is 0 Å². The van der Waals surface area contributed by atoms with Crippen LogP contribution in [0.3, 0.4) is 0 Å². The van der Waals surface area contributed by atoms with Crippen LogP contribution >= 0.6 is 0 Å². The molecule has 2 atom stereocenters. The van der Waals surface area contributed by atoms with Crippen LogP contribution in [0.4, 0.5) is 0 Å². The Kier molecular flexibility index (Phi) is 6.67. The first-order chi connectivity index (χ1) is 13.9. The Labute approximate surface area is 171 Å². The number of allylic oxidation sites excluding steroid dienone is 3. The van der Waals surface area contributed by atoms with Crippen LogP contribution in [0, 0.1) is 5.92 Å². The normalized spacial score (nSPS) is 16.5. The maximum atomic E-state index is 12.8. The van der Waals surface area contributed by atoms with Crippen LogP contribution in [0.5, 0.6) is 0 Å². The van der Waals surface area contributed by atoms with E-state index in [1.165, 1.54) is 12.1 Å². The molecule has 1 aliphatic carbocycles. The van der Waals surface area contributed by atoms with Crippen molar-refractivity contribution in [2.75, 3.05) is 0 Å². The lowest BCUT2D eigenvalue weighted by molar-refractivity contribution is -0.139. The zero-order valence-corrected chi connectivity index (χ0v) is 17.1. The van der Waals surface area contributed by atoms with Crippen molar-refractivity contribution in [3.05, 3.63) is 78.4 Å². The van der Waals surface area contributed by atoms with Gasteiger partial charge in [0.05, 0.1) is 4.90 Å². The summed E-state index contributed by atoms with van der Waals surface area (Å²) in [6, 6.07) is 14.9. The van der Waals surface area contributed by atoms with Gasteiger partial charge in [0.1, 0.15) is 6.04 Å². The summed E-state index contributed by atoms with van der Waals surface area (Å²) < 4.78 is 28.1.